The fourth-order valence-electron chi connectivity index (χ4n) is 10.2. The molecule has 3 heterocycles. The van der Waals surface area contributed by atoms with Crippen molar-refractivity contribution in [2.24, 2.45) is 0 Å². The molecule has 2 atom stereocenters. The van der Waals surface area contributed by atoms with Crippen molar-refractivity contribution in [3.05, 3.63) is 190 Å². The Morgan fingerprint density at radius 2 is 0.957 bits per heavy atom. The second kappa shape index (κ2) is 7.78. The predicted octanol–water partition coefficient (Wildman–Crippen LogP) is 10.1. The highest BCUT2D eigenvalue weighted by Crippen LogP contribution is 2.81. The van der Waals surface area contributed by atoms with Gasteiger partial charge in [-0.15, -0.1) is 0 Å². The van der Waals surface area contributed by atoms with Gasteiger partial charge in [0.05, 0.1) is 11.1 Å². The third kappa shape index (κ3) is 2.31. The van der Waals surface area contributed by atoms with Gasteiger partial charge in [-0.25, -0.2) is 0 Å². The monoisotopic (exact) mass is 584 g/mol. The minimum absolute atomic E-state index is 0.139. The van der Waals surface area contributed by atoms with Gasteiger partial charge in [-0.3, -0.25) is 0 Å². The van der Waals surface area contributed by atoms with Gasteiger partial charge in [0, 0.05) is 39.3 Å². The Hall–Kier alpha value is -5.60. The lowest BCUT2D eigenvalue weighted by Gasteiger charge is -2.69. The second-order valence-corrected chi connectivity index (χ2v) is 13.5. The van der Waals surface area contributed by atoms with Gasteiger partial charge in [-0.05, 0) is 93.8 Å². The van der Waals surface area contributed by atoms with Gasteiger partial charge in [0.25, 0.3) is 0 Å². The van der Waals surface area contributed by atoms with Gasteiger partial charge in [0.15, 0.2) is 5.66 Å². The van der Waals surface area contributed by atoms with Crippen LogP contribution in [-0.2, 0) is 23.9 Å². The number of para-hydroxylation sites is 2. The Bertz CT molecular complexity index is 2420. The minimum atomic E-state index is -0.630. The molecule has 6 aromatic carbocycles. The number of hydrogen-bond donors (Lipinski definition) is 0. The molecule has 0 saturated heterocycles. The minimum Gasteiger partial charge on any atom is -0.310 e. The maximum atomic E-state index is 2.74. The van der Waals surface area contributed by atoms with Crippen molar-refractivity contribution >= 4 is 33.9 Å². The molecule has 0 fully saturated rings. The number of rotatable bonds is 2. The number of allylic oxidation sites excluding steroid dienone is 3. The van der Waals surface area contributed by atoms with Crippen LogP contribution in [0.1, 0.15) is 44.5 Å². The van der Waals surface area contributed by atoms with Gasteiger partial charge >= 0.3 is 0 Å². The lowest BCUT2D eigenvalue weighted by atomic mass is 9.39. The number of benzene rings is 6. The molecule has 1 spiro atoms. The molecule has 2 nitrogen and oxygen atoms in total. The van der Waals surface area contributed by atoms with E-state index in [9.17, 15) is 0 Å². The van der Waals surface area contributed by atoms with Gasteiger partial charge in [-0.2, -0.15) is 0 Å². The molecule has 14 rings (SSSR count). The van der Waals surface area contributed by atoms with E-state index in [1.54, 1.807) is 0 Å². The Morgan fingerprint density at radius 3 is 1.65 bits per heavy atom. The van der Waals surface area contributed by atoms with E-state index in [-0.39, 0.29) is 5.41 Å². The summed E-state index contributed by atoms with van der Waals surface area (Å²) in [6.45, 7) is 0. The van der Waals surface area contributed by atoms with E-state index < -0.39 is 5.66 Å². The Morgan fingerprint density at radius 1 is 0.435 bits per heavy atom. The van der Waals surface area contributed by atoms with Gasteiger partial charge in [-0.1, -0.05) is 109 Å². The van der Waals surface area contributed by atoms with Crippen LogP contribution >= 0.6 is 0 Å². The van der Waals surface area contributed by atoms with Crippen LogP contribution < -0.4 is 9.80 Å². The molecular weight excluding hydrogens is 556 g/mol. The molecule has 0 aromatic heterocycles. The molecule has 214 valence electrons. The van der Waals surface area contributed by atoms with Crippen LogP contribution in [0.4, 0.5) is 22.7 Å². The molecule has 0 amide bonds. The summed E-state index contributed by atoms with van der Waals surface area (Å²) in [4.78, 5) is 5.38. The predicted molar refractivity (Wildman–Crippen MR) is 187 cm³/mol. The van der Waals surface area contributed by atoms with Crippen LogP contribution in [0.15, 0.2) is 146 Å². The van der Waals surface area contributed by atoms with E-state index in [0.717, 1.165) is 12.8 Å². The zero-order chi connectivity index (χ0) is 29.8. The molecule has 2 heteroatoms. The highest BCUT2D eigenvalue weighted by Gasteiger charge is 2.71. The van der Waals surface area contributed by atoms with Crippen molar-refractivity contribution in [1.82, 2.24) is 0 Å². The first kappa shape index (κ1) is 23.7. The molecule has 6 aromatic rings. The number of anilines is 4. The fourth-order valence-corrected chi connectivity index (χ4v) is 10.2. The Labute approximate surface area is 268 Å². The van der Waals surface area contributed by atoms with Gasteiger partial charge < -0.3 is 9.80 Å². The van der Waals surface area contributed by atoms with Crippen LogP contribution in [0.25, 0.3) is 22.3 Å². The van der Waals surface area contributed by atoms with Crippen LogP contribution in [0.5, 0.6) is 0 Å². The van der Waals surface area contributed by atoms with E-state index >= 15 is 0 Å². The summed E-state index contributed by atoms with van der Waals surface area (Å²) in [6.07, 6.45) is 7.04. The third-order valence-corrected chi connectivity index (χ3v) is 11.7. The lowest BCUT2D eigenvalue weighted by Crippen LogP contribution is -2.65. The molecule has 46 heavy (non-hydrogen) atoms. The van der Waals surface area contributed by atoms with Crippen molar-refractivity contribution in [2.75, 3.05) is 9.80 Å². The van der Waals surface area contributed by atoms with E-state index in [1.807, 2.05) is 0 Å². The summed E-state index contributed by atoms with van der Waals surface area (Å²) in [5.41, 5.74) is 21.6. The first-order chi connectivity index (χ1) is 22.8. The summed E-state index contributed by atoms with van der Waals surface area (Å²) in [5.74, 6) is 0. The summed E-state index contributed by atoms with van der Waals surface area (Å²) in [7, 11) is 0. The van der Waals surface area contributed by atoms with Crippen molar-refractivity contribution in [1.29, 1.82) is 0 Å². The topological polar surface area (TPSA) is 6.48 Å². The van der Waals surface area contributed by atoms with E-state index in [4.69, 9.17) is 0 Å². The lowest BCUT2D eigenvalue weighted by molar-refractivity contribution is 0.518. The standard InChI is InChI=1S/C44H28N2/c1-3-13-30(14-4-1)45-32-23-19-29(20-24-32)37-38-35-25-21-27-11-7-9-17-33(27)43(35)40(38)42-41(43)39(37)36-26-22-28-12-8-10-18-34(28)44(36,45)46(42)31-15-5-2-6-16-31/h1-20,23-26H,21-22H2. The maximum Gasteiger partial charge on any atom is 0.175 e. The fraction of sp³-hybridized carbons (Fsp3) is 0.0909. The van der Waals surface area contributed by atoms with E-state index in [2.05, 4.69) is 155 Å². The van der Waals surface area contributed by atoms with Crippen LogP contribution in [0.2, 0.25) is 0 Å². The van der Waals surface area contributed by atoms with Gasteiger partial charge in [0.2, 0.25) is 0 Å². The summed E-state index contributed by atoms with van der Waals surface area (Å²) in [5, 5.41) is 0. The SMILES string of the molecule is C1=C2c3c4c5c6c(c3C26c2ccccc2C1)N(c1ccccc1)C1(C5=CCc2ccccc21)N(c1ccccc1)c1ccc-4cc1. The largest absolute Gasteiger partial charge is 0.310 e. The van der Waals surface area contributed by atoms with Crippen LogP contribution in [0.3, 0.4) is 0 Å². The summed E-state index contributed by atoms with van der Waals surface area (Å²) < 4.78 is 0. The highest BCUT2D eigenvalue weighted by molar-refractivity contribution is 6.22. The molecule has 3 aliphatic heterocycles. The third-order valence-electron chi connectivity index (χ3n) is 11.7. The summed E-state index contributed by atoms with van der Waals surface area (Å²) >= 11 is 0. The average Bonchev–Trinajstić information content (AvgIpc) is 3.18. The van der Waals surface area contributed by atoms with Crippen LogP contribution in [-0.4, -0.2) is 0 Å². The number of fused-ring (bicyclic) bond motifs is 4. The average molecular weight is 585 g/mol. The highest BCUT2D eigenvalue weighted by atomic mass is 15.4. The Balaban J connectivity index is 1.32. The molecule has 0 N–H and O–H groups in total. The normalized spacial score (nSPS) is 22.5. The van der Waals surface area contributed by atoms with Crippen molar-refractivity contribution in [3.63, 3.8) is 0 Å². The number of hydrogen-bond acceptors (Lipinski definition) is 2. The molecule has 5 aliphatic carbocycles. The molecule has 0 radical (unpaired) electrons. The zero-order valence-corrected chi connectivity index (χ0v) is 25.2. The van der Waals surface area contributed by atoms with Crippen molar-refractivity contribution in [3.8, 4) is 11.1 Å². The zero-order valence-electron chi connectivity index (χ0n) is 25.2. The van der Waals surface area contributed by atoms with Crippen molar-refractivity contribution in [2.45, 2.75) is 23.9 Å². The van der Waals surface area contributed by atoms with Gasteiger partial charge in [0.1, 0.15) is 0 Å². The molecule has 8 aliphatic rings. The van der Waals surface area contributed by atoms with Crippen LogP contribution in [0, 0.1) is 0 Å². The maximum absolute atomic E-state index is 2.74. The molecule has 9 bridgehead atoms. The van der Waals surface area contributed by atoms with E-state index in [1.165, 1.54) is 89.5 Å². The quantitative estimate of drug-likeness (QED) is 0.200. The second-order valence-electron chi connectivity index (χ2n) is 13.5. The number of nitrogens with zero attached hydrogens (tertiary/aromatic N) is 2. The molecule has 0 saturated carbocycles. The smallest absolute Gasteiger partial charge is 0.175 e. The first-order valence-corrected chi connectivity index (χ1v) is 16.5. The van der Waals surface area contributed by atoms with Crippen molar-refractivity contribution < 1.29 is 0 Å². The Kier molecular flexibility index (Phi) is 4.02. The first-order valence-electron chi connectivity index (χ1n) is 16.5. The molecule has 2 unspecified atom stereocenters. The molecular formula is C44H28N2. The van der Waals surface area contributed by atoms with E-state index in [0.29, 0.717) is 0 Å². The summed E-state index contributed by atoms with van der Waals surface area (Å²) in [6, 6.07) is 50.1.